The molecule has 3 heterocycles. The van der Waals surface area contributed by atoms with Crippen molar-refractivity contribution in [2.75, 3.05) is 39.3 Å². The zero-order valence-corrected chi connectivity index (χ0v) is 17.4. The fourth-order valence-corrected chi connectivity index (χ4v) is 4.39. The molecule has 2 aromatic rings. The molecule has 0 aromatic carbocycles. The van der Waals surface area contributed by atoms with Gasteiger partial charge in [0.2, 0.25) is 11.8 Å². The third kappa shape index (κ3) is 4.59. The second-order valence-corrected chi connectivity index (χ2v) is 8.27. The summed E-state index contributed by atoms with van der Waals surface area (Å²) < 4.78 is 0. The highest BCUT2D eigenvalue weighted by Gasteiger charge is 2.20. The maximum Gasteiger partial charge on any atom is 0.259 e. The van der Waals surface area contributed by atoms with Gasteiger partial charge in [0.15, 0.2) is 0 Å². The fourth-order valence-electron chi connectivity index (χ4n) is 3.34. The first kappa shape index (κ1) is 20.5. The molecule has 28 heavy (non-hydrogen) atoms. The average molecular weight is 406 g/mol. The van der Waals surface area contributed by atoms with E-state index < -0.39 is 0 Å². The first-order valence-electron chi connectivity index (χ1n) is 9.64. The third-order valence-electron chi connectivity index (χ3n) is 5.29. The molecule has 2 N–H and O–H groups in total. The van der Waals surface area contributed by atoms with Crippen LogP contribution < -0.4 is 10.9 Å². The Hall–Kier alpha value is -2.26. The van der Waals surface area contributed by atoms with E-state index in [-0.39, 0.29) is 30.3 Å². The van der Waals surface area contributed by atoms with Gasteiger partial charge in [0.1, 0.15) is 10.7 Å². The molecular formula is C19H27N5O3S. The number of carbonyl (C=O) groups excluding carboxylic acids is 2. The Kier molecular flexibility index (Phi) is 6.46. The van der Waals surface area contributed by atoms with Crippen LogP contribution in [0, 0.1) is 13.8 Å². The summed E-state index contributed by atoms with van der Waals surface area (Å²) in [5, 5.41) is 3.31. The Labute approximate surface area is 167 Å². The van der Waals surface area contributed by atoms with Gasteiger partial charge in [-0.3, -0.25) is 14.4 Å². The number of aryl methyl sites for hydroxylation is 3. The number of carbonyl (C=O) groups is 2. The van der Waals surface area contributed by atoms with Crippen LogP contribution in [-0.2, 0) is 16.0 Å². The van der Waals surface area contributed by atoms with Crippen molar-refractivity contribution in [3.63, 3.8) is 0 Å². The molecule has 0 bridgehead atoms. The van der Waals surface area contributed by atoms with Gasteiger partial charge in [-0.1, -0.05) is 6.92 Å². The summed E-state index contributed by atoms with van der Waals surface area (Å²) in [6.07, 6.45) is 0.505. The fraction of sp³-hybridized carbons (Fsp3) is 0.579. The van der Waals surface area contributed by atoms with Crippen molar-refractivity contribution in [2.24, 2.45) is 0 Å². The van der Waals surface area contributed by atoms with Gasteiger partial charge >= 0.3 is 0 Å². The zero-order chi connectivity index (χ0) is 20.3. The Balaban J connectivity index is 1.49. The number of thiophene rings is 1. The van der Waals surface area contributed by atoms with E-state index in [4.69, 9.17) is 0 Å². The van der Waals surface area contributed by atoms with Gasteiger partial charge in [0.25, 0.3) is 5.56 Å². The highest BCUT2D eigenvalue weighted by molar-refractivity contribution is 7.18. The summed E-state index contributed by atoms with van der Waals surface area (Å²) in [6.45, 7) is 10.1. The summed E-state index contributed by atoms with van der Waals surface area (Å²) in [5.41, 5.74) is 0.792. The SMILES string of the molecule is CCN1CCN(C(=O)CNC(=O)CCc2nc3sc(C)c(C)c3c(=O)[nH]2)CC1. The molecule has 0 saturated carbocycles. The largest absolute Gasteiger partial charge is 0.347 e. The van der Waals surface area contributed by atoms with E-state index in [1.165, 1.54) is 11.3 Å². The predicted octanol–water partition coefficient (Wildman–Crippen LogP) is 0.814. The van der Waals surface area contributed by atoms with E-state index in [9.17, 15) is 14.4 Å². The number of fused-ring (bicyclic) bond motifs is 1. The molecule has 2 amide bonds. The number of H-pyrrole nitrogens is 1. The van der Waals surface area contributed by atoms with Gasteiger partial charge in [-0.2, -0.15) is 0 Å². The van der Waals surface area contributed by atoms with Crippen LogP contribution in [0.15, 0.2) is 4.79 Å². The van der Waals surface area contributed by atoms with E-state index in [0.717, 1.165) is 30.1 Å². The lowest BCUT2D eigenvalue weighted by molar-refractivity contribution is -0.134. The van der Waals surface area contributed by atoms with Crippen molar-refractivity contribution in [2.45, 2.75) is 33.6 Å². The summed E-state index contributed by atoms with van der Waals surface area (Å²) >= 11 is 1.49. The smallest absolute Gasteiger partial charge is 0.259 e. The monoisotopic (exact) mass is 405 g/mol. The molecule has 8 nitrogen and oxygen atoms in total. The molecule has 9 heteroatoms. The molecule has 1 saturated heterocycles. The van der Waals surface area contributed by atoms with Crippen LogP contribution in [0.2, 0.25) is 0 Å². The molecule has 2 aromatic heterocycles. The predicted molar refractivity (Wildman–Crippen MR) is 110 cm³/mol. The first-order chi connectivity index (χ1) is 13.4. The maximum atomic E-state index is 12.3. The number of rotatable bonds is 6. The standard InChI is InChI=1S/C19H27N5O3S/c1-4-23-7-9-24(10-8-23)16(26)11-20-15(25)6-5-14-21-18(27)17-12(2)13(3)28-19(17)22-14/h4-11H2,1-3H3,(H,20,25)(H,21,22,27). The Morgan fingerprint density at radius 1 is 1.21 bits per heavy atom. The van der Waals surface area contributed by atoms with Crippen LogP contribution >= 0.6 is 11.3 Å². The first-order valence-corrected chi connectivity index (χ1v) is 10.5. The molecule has 1 aliphatic rings. The van der Waals surface area contributed by atoms with Crippen molar-refractivity contribution >= 4 is 33.4 Å². The molecule has 152 valence electrons. The van der Waals surface area contributed by atoms with Gasteiger partial charge < -0.3 is 20.1 Å². The lowest BCUT2D eigenvalue weighted by Gasteiger charge is -2.34. The van der Waals surface area contributed by atoms with Crippen LogP contribution in [0.25, 0.3) is 10.2 Å². The third-order valence-corrected chi connectivity index (χ3v) is 6.39. The Morgan fingerprint density at radius 2 is 1.93 bits per heavy atom. The molecule has 0 spiro atoms. The van der Waals surface area contributed by atoms with Crippen molar-refractivity contribution in [1.29, 1.82) is 0 Å². The summed E-state index contributed by atoms with van der Waals surface area (Å²) in [6, 6.07) is 0. The normalized spacial score (nSPS) is 15.2. The summed E-state index contributed by atoms with van der Waals surface area (Å²) in [5.74, 6) is 0.222. The highest BCUT2D eigenvalue weighted by Crippen LogP contribution is 2.25. The number of nitrogens with zero attached hydrogens (tertiary/aromatic N) is 3. The van der Waals surface area contributed by atoms with Crippen molar-refractivity contribution in [3.05, 3.63) is 26.6 Å². The van der Waals surface area contributed by atoms with Gasteiger partial charge in [-0.15, -0.1) is 11.3 Å². The molecule has 1 aliphatic heterocycles. The lowest BCUT2D eigenvalue weighted by atomic mass is 10.2. The maximum absolute atomic E-state index is 12.3. The lowest BCUT2D eigenvalue weighted by Crippen LogP contribution is -2.51. The molecule has 0 radical (unpaired) electrons. The van der Waals surface area contributed by atoms with Crippen LogP contribution in [0.5, 0.6) is 0 Å². The van der Waals surface area contributed by atoms with Crippen LogP contribution in [0.4, 0.5) is 0 Å². The van der Waals surface area contributed by atoms with Gasteiger partial charge in [0, 0.05) is 43.9 Å². The Bertz CT molecular complexity index is 928. The molecule has 0 aliphatic carbocycles. The quantitative estimate of drug-likeness (QED) is 0.741. The number of hydrogen-bond donors (Lipinski definition) is 2. The van der Waals surface area contributed by atoms with Crippen molar-refractivity contribution in [1.82, 2.24) is 25.1 Å². The second-order valence-electron chi connectivity index (χ2n) is 7.07. The molecule has 3 rings (SSSR count). The molecule has 0 atom stereocenters. The second kappa shape index (κ2) is 8.83. The topological polar surface area (TPSA) is 98.4 Å². The van der Waals surface area contributed by atoms with Gasteiger partial charge in [-0.25, -0.2) is 4.98 Å². The molecule has 1 fully saturated rings. The van der Waals surface area contributed by atoms with E-state index in [0.29, 0.717) is 35.6 Å². The summed E-state index contributed by atoms with van der Waals surface area (Å²) in [7, 11) is 0. The van der Waals surface area contributed by atoms with E-state index in [1.807, 2.05) is 13.8 Å². The van der Waals surface area contributed by atoms with E-state index >= 15 is 0 Å². The Morgan fingerprint density at radius 3 is 2.61 bits per heavy atom. The number of nitrogens with one attached hydrogen (secondary N) is 2. The van der Waals surface area contributed by atoms with Gasteiger partial charge in [0.05, 0.1) is 11.9 Å². The van der Waals surface area contributed by atoms with E-state index in [1.54, 1.807) is 4.90 Å². The average Bonchev–Trinajstić information content (AvgIpc) is 2.98. The number of likely N-dealkylation sites (N-methyl/N-ethyl adjacent to an activating group) is 1. The van der Waals surface area contributed by atoms with Crippen LogP contribution in [0.3, 0.4) is 0 Å². The number of amides is 2. The molecular weight excluding hydrogens is 378 g/mol. The highest BCUT2D eigenvalue weighted by atomic mass is 32.1. The number of aromatic nitrogens is 2. The van der Waals surface area contributed by atoms with E-state index in [2.05, 4.69) is 27.1 Å². The molecule has 0 unspecified atom stereocenters. The zero-order valence-electron chi connectivity index (χ0n) is 16.6. The number of aromatic amines is 1. The van der Waals surface area contributed by atoms with Crippen molar-refractivity contribution < 1.29 is 9.59 Å². The summed E-state index contributed by atoms with van der Waals surface area (Å²) in [4.78, 5) is 49.7. The minimum Gasteiger partial charge on any atom is -0.347 e. The minimum atomic E-state index is -0.221. The number of hydrogen-bond acceptors (Lipinski definition) is 6. The van der Waals surface area contributed by atoms with Gasteiger partial charge in [-0.05, 0) is 26.0 Å². The van der Waals surface area contributed by atoms with Crippen LogP contribution in [-0.4, -0.2) is 70.9 Å². The number of piperazine rings is 1. The minimum absolute atomic E-state index is 0.0112. The van der Waals surface area contributed by atoms with Crippen LogP contribution in [0.1, 0.15) is 29.6 Å². The van der Waals surface area contributed by atoms with Crippen molar-refractivity contribution in [3.8, 4) is 0 Å².